The SMILES string of the molecule is O=C1[C@@H]2[C@H]3C[C@@H]([C@@H](Br)[C@H]3Br)[C@H]2C(=O)N1c1ccc(-c2ccc([N+](=O)[O-])cc2)cc1. The Kier molecular flexibility index (Phi) is 4.40. The summed E-state index contributed by atoms with van der Waals surface area (Å²) in [5, 5.41) is 10.8. The quantitative estimate of drug-likeness (QED) is 0.258. The molecule has 1 heterocycles. The molecule has 0 radical (unpaired) electrons. The summed E-state index contributed by atoms with van der Waals surface area (Å²) < 4.78 is 0. The molecular weight excluding hydrogens is 504 g/mol. The molecule has 2 aromatic carbocycles. The highest BCUT2D eigenvalue weighted by Crippen LogP contribution is 2.60. The van der Waals surface area contributed by atoms with E-state index in [9.17, 15) is 19.7 Å². The normalized spacial score (nSPS) is 32.7. The van der Waals surface area contributed by atoms with Gasteiger partial charge in [-0.2, -0.15) is 0 Å². The molecule has 148 valence electrons. The summed E-state index contributed by atoms with van der Waals surface area (Å²) in [5.74, 6) is -0.288. The van der Waals surface area contributed by atoms with Gasteiger partial charge >= 0.3 is 0 Å². The van der Waals surface area contributed by atoms with E-state index in [4.69, 9.17) is 0 Å². The Morgan fingerprint density at radius 1 is 0.828 bits per heavy atom. The van der Waals surface area contributed by atoms with Gasteiger partial charge in [-0.3, -0.25) is 24.6 Å². The number of alkyl halides is 2. The second kappa shape index (κ2) is 6.74. The van der Waals surface area contributed by atoms with Gasteiger partial charge in [-0.15, -0.1) is 0 Å². The van der Waals surface area contributed by atoms with Gasteiger partial charge in [0.05, 0.1) is 22.4 Å². The molecule has 0 unspecified atom stereocenters. The number of nitro groups is 1. The molecule has 1 aliphatic heterocycles. The van der Waals surface area contributed by atoms with E-state index in [1.807, 2.05) is 12.1 Å². The third kappa shape index (κ3) is 2.72. The van der Waals surface area contributed by atoms with Gasteiger partial charge in [-0.25, -0.2) is 0 Å². The van der Waals surface area contributed by atoms with E-state index in [0.717, 1.165) is 17.5 Å². The van der Waals surface area contributed by atoms with Gasteiger partial charge in [-0.05, 0) is 53.6 Å². The number of carbonyl (C=O) groups excluding carboxylic acids is 2. The van der Waals surface area contributed by atoms with Gasteiger partial charge in [0.2, 0.25) is 11.8 Å². The predicted octanol–water partition coefficient (Wildman–Crippen LogP) is 4.54. The van der Waals surface area contributed by atoms with Gasteiger partial charge in [0.15, 0.2) is 0 Å². The van der Waals surface area contributed by atoms with Crippen molar-refractivity contribution in [1.82, 2.24) is 0 Å². The number of anilines is 1. The van der Waals surface area contributed by atoms with Crippen LogP contribution in [0.4, 0.5) is 11.4 Å². The van der Waals surface area contributed by atoms with E-state index in [2.05, 4.69) is 31.9 Å². The number of imide groups is 1. The average molecular weight is 520 g/mol. The molecule has 2 amide bonds. The largest absolute Gasteiger partial charge is 0.274 e. The lowest BCUT2D eigenvalue weighted by atomic mass is 9.81. The number of nitro benzene ring substituents is 1. The highest BCUT2D eigenvalue weighted by Gasteiger charge is 2.66. The van der Waals surface area contributed by atoms with Crippen LogP contribution in [0.15, 0.2) is 48.5 Å². The number of fused-ring (bicyclic) bond motifs is 5. The number of hydrogen-bond donors (Lipinski definition) is 0. The van der Waals surface area contributed by atoms with Crippen molar-refractivity contribution < 1.29 is 14.5 Å². The number of non-ortho nitro benzene ring substituents is 1. The number of hydrogen-bond acceptors (Lipinski definition) is 4. The van der Waals surface area contributed by atoms with E-state index in [-0.39, 0.29) is 50.8 Å². The van der Waals surface area contributed by atoms with Crippen LogP contribution < -0.4 is 4.90 Å². The van der Waals surface area contributed by atoms with Crippen LogP contribution in [-0.2, 0) is 9.59 Å². The smallest absolute Gasteiger partial charge is 0.269 e. The van der Waals surface area contributed by atoms with Crippen molar-refractivity contribution in [2.75, 3.05) is 4.90 Å². The molecule has 5 rings (SSSR count). The average Bonchev–Trinajstić information content (AvgIpc) is 3.33. The third-order valence-electron chi connectivity index (χ3n) is 6.52. The Labute approximate surface area is 183 Å². The van der Waals surface area contributed by atoms with E-state index in [1.165, 1.54) is 17.0 Å². The molecule has 3 aliphatic rings. The fourth-order valence-electron chi connectivity index (χ4n) is 5.18. The maximum atomic E-state index is 13.1. The molecule has 3 fully saturated rings. The lowest BCUT2D eigenvalue weighted by Gasteiger charge is -2.28. The summed E-state index contributed by atoms with van der Waals surface area (Å²) in [7, 11) is 0. The number of amides is 2. The fourth-order valence-corrected chi connectivity index (χ4v) is 7.06. The van der Waals surface area contributed by atoms with Crippen LogP contribution in [0.25, 0.3) is 11.1 Å². The monoisotopic (exact) mass is 518 g/mol. The first kappa shape index (κ1) is 18.9. The highest BCUT2D eigenvalue weighted by atomic mass is 79.9. The van der Waals surface area contributed by atoms with E-state index in [0.29, 0.717) is 5.69 Å². The first-order valence-electron chi connectivity index (χ1n) is 9.39. The lowest BCUT2D eigenvalue weighted by Crippen LogP contribution is -2.37. The lowest BCUT2D eigenvalue weighted by molar-refractivity contribution is -0.384. The number of halogens is 2. The van der Waals surface area contributed by atoms with Gasteiger partial charge in [-0.1, -0.05) is 44.0 Å². The van der Waals surface area contributed by atoms with Crippen LogP contribution in [-0.4, -0.2) is 26.4 Å². The summed E-state index contributed by atoms with van der Waals surface area (Å²) in [6.45, 7) is 0. The number of rotatable bonds is 3. The molecule has 0 aromatic heterocycles. The Balaban J connectivity index is 1.41. The third-order valence-corrected chi connectivity index (χ3v) is 9.73. The first-order valence-corrected chi connectivity index (χ1v) is 11.2. The predicted molar refractivity (Wildman–Crippen MR) is 115 cm³/mol. The van der Waals surface area contributed by atoms with Crippen molar-refractivity contribution in [1.29, 1.82) is 0 Å². The van der Waals surface area contributed by atoms with Crippen molar-refractivity contribution in [2.24, 2.45) is 23.7 Å². The Bertz CT molecular complexity index is 992. The summed E-state index contributed by atoms with van der Waals surface area (Å²) in [4.78, 5) is 38.4. The molecule has 8 heteroatoms. The first-order chi connectivity index (χ1) is 13.9. The molecule has 0 spiro atoms. The Morgan fingerprint density at radius 2 is 1.28 bits per heavy atom. The molecule has 2 saturated carbocycles. The number of nitrogens with zero attached hydrogens (tertiary/aromatic N) is 2. The minimum absolute atomic E-state index is 0.0370. The van der Waals surface area contributed by atoms with Crippen LogP contribution in [0.2, 0.25) is 0 Å². The summed E-state index contributed by atoms with van der Waals surface area (Å²) >= 11 is 7.40. The number of benzene rings is 2. The zero-order valence-electron chi connectivity index (χ0n) is 15.1. The second-order valence-corrected chi connectivity index (χ2v) is 9.98. The molecular formula is C21H16Br2N2O4. The zero-order valence-corrected chi connectivity index (χ0v) is 18.2. The molecule has 1 saturated heterocycles. The summed E-state index contributed by atoms with van der Waals surface area (Å²) in [5.41, 5.74) is 2.32. The van der Waals surface area contributed by atoms with Crippen molar-refractivity contribution in [3.05, 3.63) is 58.6 Å². The zero-order chi connectivity index (χ0) is 20.4. The van der Waals surface area contributed by atoms with Gasteiger partial charge in [0.1, 0.15) is 0 Å². The van der Waals surface area contributed by atoms with E-state index in [1.54, 1.807) is 24.3 Å². The van der Waals surface area contributed by atoms with Crippen LogP contribution in [0, 0.1) is 33.8 Å². The molecule has 6 nitrogen and oxygen atoms in total. The summed E-state index contributed by atoms with van der Waals surface area (Å²) in [6.07, 6.45) is 0.908. The van der Waals surface area contributed by atoms with Crippen LogP contribution >= 0.6 is 31.9 Å². The van der Waals surface area contributed by atoms with Gasteiger partial charge in [0.25, 0.3) is 5.69 Å². The van der Waals surface area contributed by atoms with E-state index < -0.39 is 4.92 Å². The van der Waals surface area contributed by atoms with Crippen molar-refractivity contribution in [3.8, 4) is 11.1 Å². The topological polar surface area (TPSA) is 80.5 Å². The Hall–Kier alpha value is -2.06. The standard InChI is InChI=1S/C21H16Br2N2O4/c22-18-14-9-15(19(18)23)17-16(14)20(26)24(21(17)27)12-5-1-10(2-6-12)11-3-7-13(8-4-11)25(28)29/h1-8,14-19H,9H2/t14-,15-,16-,17-,18-,19+/m1/s1. The molecule has 2 aromatic rings. The molecule has 29 heavy (non-hydrogen) atoms. The van der Waals surface area contributed by atoms with Gasteiger partial charge in [0, 0.05) is 21.8 Å². The van der Waals surface area contributed by atoms with Gasteiger partial charge < -0.3 is 0 Å². The van der Waals surface area contributed by atoms with Crippen LogP contribution in [0.3, 0.4) is 0 Å². The van der Waals surface area contributed by atoms with E-state index >= 15 is 0 Å². The van der Waals surface area contributed by atoms with Crippen LogP contribution in [0.5, 0.6) is 0 Å². The fraction of sp³-hybridized carbons (Fsp3) is 0.333. The minimum Gasteiger partial charge on any atom is -0.274 e. The second-order valence-electron chi connectivity index (χ2n) is 7.87. The van der Waals surface area contributed by atoms with Crippen LogP contribution in [0.1, 0.15) is 6.42 Å². The van der Waals surface area contributed by atoms with Crippen molar-refractivity contribution in [2.45, 2.75) is 16.1 Å². The molecule has 2 bridgehead atoms. The van der Waals surface area contributed by atoms with Crippen molar-refractivity contribution in [3.63, 3.8) is 0 Å². The Morgan fingerprint density at radius 3 is 1.72 bits per heavy atom. The maximum absolute atomic E-state index is 13.1. The maximum Gasteiger partial charge on any atom is 0.269 e. The number of carbonyl (C=O) groups is 2. The minimum atomic E-state index is -0.434. The van der Waals surface area contributed by atoms with Crippen molar-refractivity contribution >= 4 is 55.0 Å². The molecule has 2 aliphatic carbocycles. The molecule has 6 atom stereocenters. The summed E-state index contributed by atoms with van der Waals surface area (Å²) in [6, 6.07) is 13.5. The highest BCUT2D eigenvalue weighted by molar-refractivity contribution is 9.12. The molecule has 0 N–H and O–H groups in total.